The molecule has 0 unspecified atom stereocenters. The quantitative estimate of drug-likeness (QED) is 0.770. The van der Waals surface area contributed by atoms with Crippen molar-refractivity contribution in [1.29, 1.82) is 0 Å². The van der Waals surface area contributed by atoms with Crippen LogP contribution >= 0.6 is 11.6 Å². The summed E-state index contributed by atoms with van der Waals surface area (Å²) in [5, 5.41) is 0.352. The average Bonchev–Trinajstić information content (AvgIpc) is 2.16. The van der Waals surface area contributed by atoms with Crippen LogP contribution in [0.15, 0.2) is 12.3 Å². The largest absolute Gasteiger partial charge is 0.374 e. The van der Waals surface area contributed by atoms with E-state index in [0.717, 1.165) is 6.54 Å². The predicted octanol–water partition coefficient (Wildman–Crippen LogP) is 1.29. The first-order valence-electron chi connectivity index (χ1n) is 4.22. The summed E-state index contributed by atoms with van der Waals surface area (Å²) in [7, 11) is 1.86. The average molecular weight is 214 g/mol. The van der Waals surface area contributed by atoms with Crippen molar-refractivity contribution in [2.45, 2.75) is 6.92 Å². The van der Waals surface area contributed by atoms with E-state index in [4.69, 9.17) is 17.3 Å². The molecule has 0 atom stereocenters. The monoisotopic (exact) mass is 213 g/mol. The van der Waals surface area contributed by atoms with E-state index in [2.05, 4.69) is 4.98 Å². The zero-order chi connectivity index (χ0) is 10.7. The molecule has 0 aliphatic heterocycles. The third kappa shape index (κ3) is 2.14. The lowest BCUT2D eigenvalue weighted by atomic mass is 10.2. The van der Waals surface area contributed by atoms with Gasteiger partial charge in [-0.3, -0.25) is 4.79 Å². The molecule has 0 spiro atoms. The van der Waals surface area contributed by atoms with Crippen molar-refractivity contribution in [3.05, 3.63) is 23.0 Å². The SMILES string of the molecule is CCN(C)c1cc(Cl)ncc1C(N)=O. The van der Waals surface area contributed by atoms with Crippen LogP contribution in [0.5, 0.6) is 0 Å². The summed E-state index contributed by atoms with van der Waals surface area (Å²) in [6.45, 7) is 2.74. The van der Waals surface area contributed by atoms with Crippen molar-refractivity contribution < 1.29 is 4.79 Å². The fourth-order valence-corrected chi connectivity index (χ4v) is 1.25. The van der Waals surface area contributed by atoms with Crippen LogP contribution in [-0.2, 0) is 0 Å². The Bertz CT molecular complexity index is 354. The Kier molecular flexibility index (Phi) is 3.30. The van der Waals surface area contributed by atoms with Crippen molar-refractivity contribution in [2.75, 3.05) is 18.5 Å². The van der Waals surface area contributed by atoms with E-state index in [0.29, 0.717) is 16.4 Å². The van der Waals surface area contributed by atoms with Gasteiger partial charge in [0.2, 0.25) is 0 Å². The number of carbonyl (C=O) groups is 1. The lowest BCUT2D eigenvalue weighted by molar-refractivity contribution is 0.100. The summed E-state index contributed by atoms with van der Waals surface area (Å²) in [6, 6.07) is 1.63. The van der Waals surface area contributed by atoms with E-state index in [9.17, 15) is 4.79 Å². The molecule has 1 amide bonds. The molecule has 1 aromatic heterocycles. The van der Waals surface area contributed by atoms with E-state index < -0.39 is 5.91 Å². The van der Waals surface area contributed by atoms with E-state index >= 15 is 0 Å². The van der Waals surface area contributed by atoms with Gasteiger partial charge >= 0.3 is 0 Å². The molecular formula is C9H12ClN3O. The minimum Gasteiger partial charge on any atom is -0.374 e. The molecule has 76 valence electrons. The summed E-state index contributed by atoms with van der Waals surface area (Å²) in [6.07, 6.45) is 1.40. The second-order valence-electron chi connectivity index (χ2n) is 2.90. The Morgan fingerprint density at radius 3 is 2.86 bits per heavy atom. The number of carbonyl (C=O) groups excluding carboxylic acids is 1. The molecule has 2 N–H and O–H groups in total. The normalized spacial score (nSPS) is 9.93. The van der Waals surface area contributed by atoms with Gasteiger partial charge in [-0.25, -0.2) is 4.98 Å². The highest BCUT2D eigenvalue weighted by molar-refractivity contribution is 6.29. The minimum absolute atomic E-state index is 0.352. The summed E-state index contributed by atoms with van der Waals surface area (Å²) in [5.41, 5.74) is 6.30. The number of nitrogens with two attached hydrogens (primary N) is 1. The maximum Gasteiger partial charge on any atom is 0.252 e. The third-order valence-corrected chi connectivity index (χ3v) is 2.21. The van der Waals surface area contributed by atoms with Crippen LogP contribution in [0, 0.1) is 0 Å². The molecule has 5 heteroatoms. The van der Waals surface area contributed by atoms with Gasteiger partial charge in [0.25, 0.3) is 5.91 Å². The first-order valence-corrected chi connectivity index (χ1v) is 4.60. The zero-order valence-electron chi connectivity index (χ0n) is 8.12. The van der Waals surface area contributed by atoms with Gasteiger partial charge in [-0.2, -0.15) is 0 Å². The fourth-order valence-electron chi connectivity index (χ4n) is 1.10. The molecule has 0 saturated carbocycles. The van der Waals surface area contributed by atoms with E-state index in [1.54, 1.807) is 6.07 Å². The topological polar surface area (TPSA) is 59.2 Å². The number of amides is 1. The molecule has 1 rings (SSSR count). The zero-order valence-corrected chi connectivity index (χ0v) is 8.88. The van der Waals surface area contributed by atoms with Crippen LogP contribution < -0.4 is 10.6 Å². The Hall–Kier alpha value is -1.29. The van der Waals surface area contributed by atoms with Gasteiger partial charge < -0.3 is 10.6 Å². The van der Waals surface area contributed by atoms with Crippen molar-refractivity contribution in [2.24, 2.45) is 5.73 Å². The minimum atomic E-state index is -0.496. The fraction of sp³-hybridized carbons (Fsp3) is 0.333. The highest BCUT2D eigenvalue weighted by atomic mass is 35.5. The first-order chi connectivity index (χ1) is 6.56. The van der Waals surface area contributed by atoms with Crippen LogP contribution in [0.1, 0.15) is 17.3 Å². The van der Waals surface area contributed by atoms with Crippen molar-refractivity contribution in [1.82, 2.24) is 4.98 Å². The van der Waals surface area contributed by atoms with E-state index in [1.807, 2.05) is 18.9 Å². The van der Waals surface area contributed by atoms with Gasteiger partial charge in [-0.1, -0.05) is 11.6 Å². The maximum absolute atomic E-state index is 11.1. The number of hydrogen-bond donors (Lipinski definition) is 1. The van der Waals surface area contributed by atoms with Gasteiger partial charge in [-0.05, 0) is 13.0 Å². The molecule has 1 aromatic rings. The Morgan fingerprint density at radius 1 is 1.71 bits per heavy atom. The molecule has 0 aliphatic rings. The van der Waals surface area contributed by atoms with Gasteiger partial charge in [0, 0.05) is 19.8 Å². The van der Waals surface area contributed by atoms with Gasteiger partial charge in [0.15, 0.2) is 0 Å². The van der Waals surface area contributed by atoms with Crippen molar-refractivity contribution in [3.63, 3.8) is 0 Å². The number of halogens is 1. The standard InChI is InChI=1S/C9H12ClN3O/c1-3-13(2)7-4-8(10)12-5-6(7)9(11)14/h4-5H,3H2,1-2H3,(H2,11,14). The molecule has 0 fully saturated rings. The van der Waals surface area contributed by atoms with E-state index in [-0.39, 0.29) is 0 Å². The maximum atomic E-state index is 11.1. The molecule has 0 saturated heterocycles. The molecule has 14 heavy (non-hydrogen) atoms. The Balaban J connectivity index is 3.22. The summed E-state index contributed by atoms with van der Waals surface area (Å²) < 4.78 is 0. The summed E-state index contributed by atoms with van der Waals surface area (Å²) >= 11 is 5.73. The van der Waals surface area contributed by atoms with Crippen LogP contribution in [0.25, 0.3) is 0 Å². The number of primary amides is 1. The van der Waals surface area contributed by atoms with Crippen LogP contribution in [0.2, 0.25) is 5.15 Å². The molecule has 0 radical (unpaired) electrons. The molecule has 0 bridgehead atoms. The van der Waals surface area contributed by atoms with Crippen LogP contribution in [0.3, 0.4) is 0 Å². The highest BCUT2D eigenvalue weighted by Gasteiger charge is 2.12. The van der Waals surface area contributed by atoms with Crippen molar-refractivity contribution in [3.8, 4) is 0 Å². The number of anilines is 1. The smallest absolute Gasteiger partial charge is 0.252 e. The van der Waals surface area contributed by atoms with Crippen LogP contribution in [-0.4, -0.2) is 24.5 Å². The number of rotatable bonds is 3. The Morgan fingerprint density at radius 2 is 2.36 bits per heavy atom. The molecular weight excluding hydrogens is 202 g/mol. The molecule has 4 nitrogen and oxygen atoms in total. The molecule has 1 heterocycles. The Labute approximate surface area is 87.7 Å². The van der Waals surface area contributed by atoms with E-state index in [1.165, 1.54) is 6.20 Å². The number of pyridine rings is 1. The number of aromatic nitrogens is 1. The van der Waals surface area contributed by atoms with Gasteiger partial charge in [0.05, 0.1) is 11.3 Å². The van der Waals surface area contributed by atoms with Gasteiger partial charge in [0.1, 0.15) is 5.15 Å². The van der Waals surface area contributed by atoms with Crippen LogP contribution in [0.4, 0.5) is 5.69 Å². The summed E-state index contributed by atoms with van der Waals surface area (Å²) in [4.78, 5) is 16.8. The van der Waals surface area contributed by atoms with Gasteiger partial charge in [-0.15, -0.1) is 0 Å². The molecule has 0 aliphatic carbocycles. The number of hydrogen-bond acceptors (Lipinski definition) is 3. The lowest BCUT2D eigenvalue weighted by Crippen LogP contribution is -2.22. The van der Waals surface area contributed by atoms with Crippen molar-refractivity contribution >= 4 is 23.2 Å². The molecule has 0 aromatic carbocycles. The first kappa shape index (κ1) is 10.8. The number of nitrogens with zero attached hydrogens (tertiary/aromatic N) is 2. The summed E-state index contributed by atoms with van der Waals surface area (Å²) in [5.74, 6) is -0.496. The second-order valence-corrected chi connectivity index (χ2v) is 3.29. The predicted molar refractivity (Wildman–Crippen MR) is 56.7 cm³/mol. The lowest BCUT2D eigenvalue weighted by Gasteiger charge is -2.19. The second kappa shape index (κ2) is 4.28. The third-order valence-electron chi connectivity index (χ3n) is 2.00. The highest BCUT2D eigenvalue weighted by Crippen LogP contribution is 2.21.